The van der Waals surface area contributed by atoms with Gasteiger partial charge >= 0.3 is 6.18 Å². The van der Waals surface area contributed by atoms with E-state index >= 15 is 0 Å². The van der Waals surface area contributed by atoms with Crippen LogP contribution in [0.1, 0.15) is 18.4 Å². The fourth-order valence-corrected chi connectivity index (χ4v) is 1.78. The zero-order chi connectivity index (χ0) is 13.4. The molecule has 0 unspecified atom stereocenters. The van der Waals surface area contributed by atoms with Crippen LogP contribution in [0, 0.1) is 5.82 Å². The van der Waals surface area contributed by atoms with Crippen molar-refractivity contribution in [2.45, 2.75) is 31.1 Å². The lowest BCUT2D eigenvalue weighted by atomic mass is 10.2. The molecule has 1 aliphatic rings. The number of methoxy groups -OCH3 is 1. The summed E-state index contributed by atoms with van der Waals surface area (Å²) in [5.41, 5.74) is -1.31. The lowest BCUT2D eigenvalue weighted by Gasteiger charge is -2.20. The summed E-state index contributed by atoms with van der Waals surface area (Å²) in [4.78, 5) is 0. The molecular weight excluding hydrogens is 250 g/mol. The lowest BCUT2D eigenvalue weighted by molar-refractivity contribution is -0.166. The van der Waals surface area contributed by atoms with Gasteiger partial charge in [-0.3, -0.25) is 5.32 Å². The van der Waals surface area contributed by atoms with Gasteiger partial charge in [-0.05, 0) is 30.5 Å². The molecule has 0 spiro atoms. The van der Waals surface area contributed by atoms with E-state index in [1.807, 2.05) is 0 Å². The van der Waals surface area contributed by atoms with E-state index < -0.39 is 17.5 Å². The minimum atomic E-state index is -4.25. The van der Waals surface area contributed by atoms with E-state index in [4.69, 9.17) is 4.74 Å². The highest BCUT2D eigenvalue weighted by Gasteiger charge is 2.62. The van der Waals surface area contributed by atoms with E-state index in [2.05, 4.69) is 5.32 Å². The summed E-state index contributed by atoms with van der Waals surface area (Å²) < 4.78 is 56.0. The zero-order valence-electron chi connectivity index (χ0n) is 9.77. The summed E-state index contributed by atoms with van der Waals surface area (Å²) in [6.07, 6.45) is -4.09. The fraction of sp³-hybridized carbons (Fsp3) is 0.500. The molecular formula is C12H13F4NO. The normalized spacial score (nSPS) is 17.6. The van der Waals surface area contributed by atoms with Gasteiger partial charge in [0.25, 0.3) is 0 Å². The van der Waals surface area contributed by atoms with Gasteiger partial charge in [-0.2, -0.15) is 13.2 Å². The van der Waals surface area contributed by atoms with Gasteiger partial charge in [-0.15, -0.1) is 0 Å². The SMILES string of the molecule is COc1ccc(CNC2(C(F)(F)F)CC2)cc1F. The summed E-state index contributed by atoms with van der Waals surface area (Å²) in [5, 5.41) is 2.46. The number of hydrogen-bond acceptors (Lipinski definition) is 2. The predicted octanol–water partition coefficient (Wildman–Crippen LogP) is 3.02. The fourth-order valence-electron chi connectivity index (χ4n) is 1.78. The second-order valence-electron chi connectivity index (χ2n) is 4.40. The van der Waals surface area contributed by atoms with Crippen LogP contribution < -0.4 is 10.1 Å². The minimum absolute atomic E-state index is 0.0135. The number of rotatable bonds is 4. The smallest absolute Gasteiger partial charge is 0.406 e. The van der Waals surface area contributed by atoms with Crippen molar-refractivity contribution >= 4 is 0 Å². The summed E-state index contributed by atoms with van der Waals surface area (Å²) in [6.45, 7) is -0.0135. The maximum Gasteiger partial charge on any atom is 0.406 e. The van der Waals surface area contributed by atoms with Crippen LogP contribution in [-0.4, -0.2) is 18.8 Å². The van der Waals surface area contributed by atoms with Crippen molar-refractivity contribution < 1.29 is 22.3 Å². The molecule has 1 aromatic carbocycles. The molecule has 0 aliphatic heterocycles. The highest BCUT2D eigenvalue weighted by atomic mass is 19.4. The van der Waals surface area contributed by atoms with Crippen LogP contribution >= 0.6 is 0 Å². The largest absolute Gasteiger partial charge is 0.494 e. The standard InChI is InChI=1S/C12H13F4NO/c1-18-10-3-2-8(6-9(10)13)7-17-11(4-5-11)12(14,15)16/h2-3,6,17H,4-5,7H2,1H3. The number of halogens is 4. The molecule has 0 saturated heterocycles. The maximum atomic E-state index is 13.3. The van der Waals surface area contributed by atoms with Crippen LogP contribution in [-0.2, 0) is 6.54 Å². The average Bonchev–Trinajstić information content (AvgIpc) is 3.07. The molecule has 1 N–H and O–H groups in total. The number of ether oxygens (including phenoxy) is 1. The molecule has 1 fully saturated rings. The summed E-state index contributed by atoms with van der Waals surface area (Å²) in [6, 6.07) is 4.12. The first-order chi connectivity index (χ1) is 8.38. The van der Waals surface area contributed by atoms with E-state index in [0.29, 0.717) is 5.56 Å². The van der Waals surface area contributed by atoms with E-state index in [1.54, 1.807) is 6.07 Å². The molecule has 1 aromatic rings. The van der Waals surface area contributed by atoms with Crippen molar-refractivity contribution in [1.29, 1.82) is 0 Å². The first-order valence-electron chi connectivity index (χ1n) is 5.52. The van der Waals surface area contributed by atoms with Crippen LogP contribution in [0.4, 0.5) is 17.6 Å². The van der Waals surface area contributed by atoms with Crippen LogP contribution in [0.3, 0.4) is 0 Å². The van der Waals surface area contributed by atoms with Gasteiger partial charge < -0.3 is 4.74 Å². The Kier molecular flexibility index (Phi) is 3.23. The van der Waals surface area contributed by atoms with Crippen LogP contribution in [0.5, 0.6) is 5.75 Å². The van der Waals surface area contributed by atoms with Crippen molar-refractivity contribution in [3.63, 3.8) is 0 Å². The predicted molar refractivity (Wildman–Crippen MR) is 57.8 cm³/mol. The van der Waals surface area contributed by atoms with Crippen LogP contribution in [0.2, 0.25) is 0 Å². The average molecular weight is 263 g/mol. The summed E-state index contributed by atoms with van der Waals surface area (Å²) in [5.74, 6) is -0.496. The van der Waals surface area contributed by atoms with Gasteiger partial charge in [0.05, 0.1) is 7.11 Å². The number of nitrogens with one attached hydrogen (secondary N) is 1. The first-order valence-corrected chi connectivity index (χ1v) is 5.52. The van der Waals surface area contributed by atoms with Gasteiger partial charge in [-0.25, -0.2) is 4.39 Å². The monoisotopic (exact) mass is 263 g/mol. The van der Waals surface area contributed by atoms with E-state index in [-0.39, 0.29) is 25.1 Å². The molecule has 0 radical (unpaired) electrons. The van der Waals surface area contributed by atoms with Gasteiger partial charge in [0.1, 0.15) is 5.54 Å². The maximum absolute atomic E-state index is 13.3. The van der Waals surface area contributed by atoms with Crippen molar-refractivity contribution in [3.8, 4) is 5.75 Å². The van der Waals surface area contributed by atoms with Crippen molar-refractivity contribution in [2.75, 3.05) is 7.11 Å². The molecule has 0 bridgehead atoms. The third-order valence-corrected chi connectivity index (χ3v) is 3.14. The molecule has 2 rings (SSSR count). The van der Waals surface area contributed by atoms with Crippen LogP contribution in [0.25, 0.3) is 0 Å². The second-order valence-corrected chi connectivity index (χ2v) is 4.40. The molecule has 100 valence electrons. The quantitative estimate of drug-likeness (QED) is 0.843. The Labute approximate surface area is 102 Å². The number of hydrogen-bond donors (Lipinski definition) is 1. The Hall–Kier alpha value is -1.30. The molecule has 0 amide bonds. The highest BCUT2D eigenvalue weighted by Crippen LogP contribution is 2.49. The lowest BCUT2D eigenvalue weighted by Crippen LogP contribution is -2.44. The Balaban J connectivity index is 2.01. The third kappa shape index (κ3) is 2.43. The van der Waals surface area contributed by atoms with E-state index in [9.17, 15) is 17.6 Å². The Bertz CT molecular complexity index is 440. The first kappa shape index (κ1) is 13.1. The van der Waals surface area contributed by atoms with Crippen molar-refractivity contribution in [3.05, 3.63) is 29.6 Å². The number of alkyl halides is 3. The molecule has 6 heteroatoms. The molecule has 0 heterocycles. The second kappa shape index (κ2) is 4.42. The Morgan fingerprint density at radius 2 is 2.00 bits per heavy atom. The third-order valence-electron chi connectivity index (χ3n) is 3.14. The molecule has 0 atom stereocenters. The van der Waals surface area contributed by atoms with Gasteiger partial charge in [0.2, 0.25) is 0 Å². The van der Waals surface area contributed by atoms with Gasteiger partial charge in [-0.1, -0.05) is 6.07 Å². The topological polar surface area (TPSA) is 21.3 Å². The highest BCUT2D eigenvalue weighted by molar-refractivity contribution is 5.29. The minimum Gasteiger partial charge on any atom is -0.494 e. The molecule has 18 heavy (non-hydrogen) atoms. The zero-order valence-corrected chi connectivity index (χ0v) is 9.77. The molecule has 1 aliphatic carbocycles. The van der Waals surface area contributed by atoms with Gasteiger partial charge in [0, 0.05) is 6.54 Å². The Morgan fingerprint density at radius 3 is 2.44 bits per heavy atom. The van der Waals surface area contributed by atoms with E-state index in [0.717, 1.165) is 0 Å². The van der Waals surface area contributed by atoms with Gasteiger partial charge in [0.15, 0.2) is 11.6 Å². The summed E-state index contributed by atoms with van der Waals surface area (Å²) in [7, 11) is 1.33. The van der Waals surface area contributed by atoms with Crippen molar-refractivity contribution in [2.24, 2.45) is 0 Å². The molecule has 0 aromatic heterocycles. The van der Waals surface area contributed by atoms with Crippen LogP contribution in [0.15, 0.2) is 18.2 Å². The van der Waals surface area contributed by atoms with E-state index in [1.165, 1.54) is 19.2 Å². The van der Waals surface area contributed by atoms with Crippen molar-refractivity contribution in [1.82, 2.24) is 5.32 Å². The molecule has 1 saturated carbocycles. The molecule has 2 nitrogen and oxygen atoms in total. The summed E-state index contributed by atoms with van der Waals surface area (Å²) >= 11 is 0. The Morgan fingerprint density at radius 1 is 1.33 bits per heavy atom. The number of benzene rings is 1.